The number of esters is 3. The summed E-state index contributed by atoms with van der Waals surface area (Å²) < 4.78 is 21.5. The van der Waals surface area contributed by atoms with Gasteiger partial charge in [0, 0.05) is 13.3 Å². The minimum atomic E-state index is -1.54. The van der Waals surface area contributed by atoms with Crippen molar-refractivity contribution in [1.82, 2.24) is 0 Å². The van der Waals surface area contributed by atoms with Crippen molar-refractivity contribution in [3.05, 3.63) is 0 Å². The Morgan fingerprint density at radius 3 is 2.86 bits per heavy atom. The maximum absolute atomic E-state index is 12.4. The van der Waals surface area contributed by atoms with E-state index in [4.69, 9.17) is 18.9 Å². The highest BCUT2D eigenvalue weighted by Crippen LogP contribution is 2.54. The number of rotatable bonds is 2. The van der Waals surface area contributed by atoms with Crippen LogP contribution < -0.4 is 0 Å². The molecule has 122 valence electrons. The molecule has 4 bridgehead atoms. The molecule has 4 atom stereocenters. The van der Waals surface area contributed by atoms with Crippen LogP contribution in [0.5, 0.6) is 0 Å². The topological polar surface area (TPSA) is 88.1 Å². The van der Waals surface area contributed by atoms with E-state index in [0.29, 0.717) is 12.8 Å². The van der Waals surface area contributed by atoms with Gasteiger partial charge in [-0.05, 0) is 32.1 Å². The van der Waals surface area contributed by atoms with Crippen LogP contribution in [0.2, 0.25) is 0 Å². The molecule has 7 heteroatoms. The first kappa shape index (κ1) is 15.3. The highest BCUT2D eigenvalue weighted by atomic mass is 16.8. The second kappa shape index (κ2) is 5.22. The molecule has 0 spiro atoms. The Hall–Kier alpha value is -1.63. The Bertz CT molecular complexity index is 516. The summed E-state index contributed by atoms with van der Waals surface area (Å²) in [5.41, 5.74) is -0.656. The standard InChI is InChI=1S/C15H20O7/c1-9(16)19-7-15-8-20-11(17)5-3-4-10-6-14(2,22-15)12(10)13(18)21-15/h10,12H,3-8H2,1-2H3/t10-,12+,14+,15-/m1/s1. The lowest BCUT2D eigenvalue weighted by Crippen LogP contribution is -2.68. The summed E-state index contributed by atoms with van der Waals surface area (Å²) in [5, 5.41) is 0. The van der Waals surface area contributed by atoms with E-state index in [1.807, 2.05) is 6.92 Å². The summed E-state index contributed by atoms with van der Waals surface area (Å²) in [6, 6.07) is 0. The van der Waals surface area contributed by atoms with Gasteiger partial charge in [0.05, 0.1) is 11.5 Å². The summed E-state index contributed by atoms with van der Waals surface area (Å²) in [5.74, 6) is -2.96. The van der Waals surface area contributed by atoms with E-state index >= 15 is 0 Å². The van der Waals surface area contributed by atoms with Gasteiger partial charge in [-0.2, -0.15) is 0 Å². The third-order valence-electron chi connectivity index (χ3n) is 4.66. The van der Waals surface area contributed by atoms with E-state index in [2.05, 4.69) is 0 Å². The third kappa shape index (κ3) is 2.58. The number of hydrogen-bond acceptors (Lipinski definition) is 7. The van der Waals surface area contributed by atoms with Crippen LogP contribution in [0.15, 0.2) is 0 Å². The van der Waals surface area contributed by atoms with Gasteiger partial charge in [-0.25, -0.2) is 0 Å². The minimum absolute atomic E-state index is 0.162. The molecule has 0 unspecified atom stereocenters. The Labute approximate surface area is 128 Å². The fraction of sp³-hybridized carbons (Fsp3) is 0.800. The Morgan fingerprint density at radius 1 is 1.41 bits per heavy atom. The molecule has 1 aliphatic carbocycles. The number of carbonyl (C=O) groups excluding carboxylic acids is 3. The van der Waals surface area contributed by atoms with E-state index < -0.39 is 17.4 Å². The molecule has 0 aromatic heterocycles. The lowest BCUT2D eigenvalue weighted by Gasteiger charge is -2.58. The van der Waals surface area contributed by atoms with Gasteiger partial charge in [0.1, 0.15) is 0 Å². The van der Waals surface area contributed by atoms with Crippen molar-refractivity contribution in [2.75, 3.05) is 13.2 Å². The molecule has 0 aromatic carbocycles. The van der Waals surface area contributed by atoms with E-state index in [1.54, 1.807) is 0 Å². The molecule has 1 saturated carbocycles. The van der Waals surface area contributed by atoms with Gasteiger partial charge in [0.25, 0.3) is 5.79 Å². The van der Waals surface area contributed by atoms with Crippen molar-refractivity contribution < 1.29 is 33.3 Å². The van der Waals surface area contributed by atoms with Gasteiger partial charge in [0.2, 0.25) is 0 Å². The van der Waals surface area contributed by atoms with E-state index in [0.717, 1.165) is 12.8 Å². The summed E-state index contributed by atoms with van der Waals surface area (Å²) in [6.45, 7) is 2.56. The Morgan fingerprint density at radius 2 is 2.18 bits per heavy atom. The first-order valence-corrected chi connectivity index (χ1v) is 7.56. The number of carbonyl (C=O) groups is 3. The van der Waals surface area contributed by atoms with Gasteiger partial charge >= 0.3 is 17.9 Å². The molecule has 0 amide bonds. The first-order valence-electron chi connectivity index (χ1n) is 7.56. The highest BCUT2D eigenvalue weighted by Gasteiger charge is 2.64. The molecule has 3 heterocycles. The van der Waals surface area contributed by atoms with Gasteiger partial charge in [-0.15, -0.1) is 0 Å². The fourth-order valence-electron chi connectivity index (χ4n) is 3.75. The zero-order valence-corrected chi connectivity index (χ0v) is 12.8. The summed E-state index contributed by atoms with van der Waals surface area (Å²) in [6.07, 6.45) is 2.48. The second-order valence-electron chi connectivity index (χ2n) is 6.52. The molecule has 4 aliphatic rings. The third-order valence-corrected chi connectivity index (χ3v) is 4.66. The van der Waals surface area contributed by atoms with Crippen molar-refractivity contribution >= 4 is 17.9 Å². The lowest BCUT2D eigenvalue weighted by molar-refractivity contribution is -0.364. The normalized spacial score (nSPS) is 40.8. The first-order chi connectivity index (χ1) is 10.3. The van der Waals surface area contributed by atoms with E-state index in [1.165, 1.54) is 6.92 Å². The van der Waals surface area contributed by atoms with Crippen LogP contribution in [0, 0.1) is 11.8 Å². The zero-order valence-electron chi connectivity index (χ0n) is 12.8. The van der Waals surface area contributed by atoms with Gasteiger partial charge in [0.15, 0.2) is 13.2 Å². The van der Waals surface area contributed by atoms with Gasteiger partial charge in [-0.3, -0.25) is 14.4 Å². The van der Waals surface area contributed by atoms with Crippen LogP contribution in [0.3, 0.4) is 0 Å². The monoisotopic (exact) mass is 312 g/mol. The molecule has 3 aliphatic heterocycles. The number of ether oxygens (including phenoxy) is 4. The average molecular weight is 312 g/mol. The molecule has 3 saturated heterocycles. The molecule has 0 aromatic rings. The van der Waals surface area contributed by atoms with Crippen LogP contribution in [0.25, 0.3) is 0 Å². The predicted octanol–water partition coefficient (Wildman–Crippen LogP) is 0.941. The quantitative estimate of drug-likeness (QED) is 0.554. The van der Waals surface area contributed by atoms with Gasteiger partial charge < -0.3 is 18.9 Å². The number of hydrogen-bond donors (Lipinski definition) is 0. The largest absolute Gasteiger partial charge is 0.459 e. The van der Waals surface area contributed by atoms with Crippen LogP contribution in [0.4, 0.5) is 0 Å². The Balaban J connectivity index is 1.87. The number of fused-ring (bicyclic) bond motifs is 6. The van der Waals surface area contributed by atoms with Crippen molar-refractivity contribution in [2.24, 2.45) is 11.8 Å². The van der Waals surface area contributed by atoms with Crippen molar-refractivity contribution in [1.29, 1.82) is 0 Å². The van der Waals surface area contributed by atoms with Crippen LogP contribution in [-0.4, -0.2) is 42.5 Å². The van der Waals surface area contributed by atoms with E-state index in [-0.39, 0.29) is 37.0 Å². The van der Waals surface area contributed by atoms with Crippen LogP contribution >= 0.6 is 0 Å². The molecule has 0 N–H and O–H groups in total. The maximum atomic E-state index is 12.4. The summed E-state index contributed by atoms with van der Waals surface area (Å²) >= 11 is 0. The average Bonchev–Trinajstić information content (AvgIpc) is 2.44. The zero-order chi connectivity index (χ0) is 16.0. The minimum Gasteiger partial charge on any atom is -0.459 e. The molecule has 4 fully saturated rings. The molecular weight excluding hydrogens is 292 g/mol. The predicted molar refractivity (Wildman–Crippen MR) is 71.4 cm³/mol. The van der Waals surface area contributed by atoms with Crippen molar-refractivity contribution in [3.63, 3.8) is 0 Å². The smallest absolute Gasteiger partial charge is 0.314 e. The van der Waals surface area contributed by atoms with E-state index in [9.17, 15) is 14.4 Å². The van der Waals surface area contributed by atoms with Crippen LogP contribution in [0.1, 0.15) is 39.5 Å². The molecular formula is C15H20O7. The summed E-state index contributed by atoms with van der Waals surface area (Å²) in [7, 11) is 0. The van der Waals surface area contributed by atoms with Gasteiger partial charge in [-0.1, -0.05) is 0 Å². The molecule has 22 heavy (non-hydrogen) atoms. The maximum Gasteiger partial charge on any atom is 0.314 e. The lowest BCUT2D eigenvalue weighted by atomic mass is 9.59. The molecule has 4 rings (SSSR count). The van der Waals surface area contributed by atoms with Crippen LogP contribution in [-0.2, 0) is 33.3 Å². The van der Waals surface area contributed by atoms with Crippen molar-refractivity contribution in [3.8, 4) is 0 Å². The van der Waals surface area contributed by atoms with Crippen molar-refractivity contribution in [2.45, 2.75) is 50.9 Å². The fourth-order valence-corrected chi connectivity index (χ4v) is 3.75. The highest BCUT2D eigenvalue weighted by molar-refractivity contribution is 5.77. The second-order valence-corrected chi connectivity index (χ2v) is 6.52. The SMILES string of the molecule is CC(=O)OC[C@]12COC(=O)CCC[C@@H]3C[C@](C)(O1)[C@@H]3C(=O)O2. The molecule has 0 radical (unpaired) electrons. The summed E-state index contributed by atoms with van der Waals surface area (Å²) in [4.78, 5) is 35.2. The Kier molecular flexibility index (Phi) is 3.63. The molecule has 7 nitrogen and oxygen atoms in total.